The highest BCUT2D eigenvalue weighted by molar-refractivity contribution is 5.10. The number of hydrogen-bond donors (Lipinski definition) is 0. The summed E-state index contributed by atoms with van der Waals surface area (Å²) in [7, 11) is 0. The molecule has 0 bridgehead atoms. The lowest BCUT2D eigenvalue weighted by molar-refractivity contribution is 0.392. The van der Waals surface area contributed by atoms with Gasteiger partial charge < -0.3 is 0 Å². The molecule has 0 saturated carbocycles. The Labute approximate surface area is 76.1 Å². The predicted molar refractivity (Wildman–Crippen MR) is 52.6 cm³/mol. The van der Waals surface area contributed by atoms with E-state index in [1.54, 1.807) is 6.08 Å². The number of hydrogen-bond acceptors (Lipinski definition) is 1. The van der Waals surface area contributed by atoms with Gasteiger partial charge in [-0.15, -0.1) is 0 Å². The SMILES string of the molecule is C/C(=C/C#N)CCC(C)C(C)C. The first-order valence-electron chi connectivity index (χ1n) is 4.63. The first-order valence-corrected chi connectivity index (χ1v) is 4.63. The molecule has 0 spiro atoms. The third kappa shape index (κ3) is 4.96. The Morgan fingerprint density at radius 3 is 2.42 bits per heavy atom. The predicted octanol–water partition coefficient (Wildman–Crippen LogP) is 3.53. The van der Waals surface area contributed by atoms with E-state index >= 15 is 0 Å². The van der Waals surface area contributed by atoms with Gasteiger partial charge in [0.25, 0.3) is 0 Å². The molecule has 0 saturated heterocycles. The molecule has 12 heavy (non-hydrogen) atoms. The van der Waals surface area contributed by atoms with Crippen molar-refractivity contribution in [1.29, 1.82) is 5.26 Å². The molecule has 0 fully saturated rings. The summed E-state index contributed by atoms with van der Waals surface area (Å²) in [6, 6.07) is 2.06. The van der Waals surface area contributed by atoms with Crippen molar-refractivity contribution in [2.24, 2.45) is 11.8 Å². The fourth-order valence-electron chi connectivity index (χ4n) is 0.971. The smallest absolute Gasteiger partial charge is 0.0911 e. The largest absolute Gasteiger partial charge is 0.193 e. The number of allylic oxidation sites excluding steroid dienone is 2. The van der Waals surface area contributed by atoms with Gasteiger partial charge in [0.1, 0.15) is 0 Å². The Morgan fingerprint density at radius 1 is 1.42 bits per heavy atom. The molecule has 0 N–H and O–H groups in total. The van der Waals surface area contributed by atoms with Crippen LogP contribution in [0.5, 0.6) is 0 Å². The summed E-state index contributed by atoms with van der Waals surface area (Å²) >= 11 is 0. The standard InChI is InChI=1S/C11H19N/c1-9(2)11(4)6-5-10(3)7-8-12/h7,9,11H,5-6H2,1-4H3/b10-7-. The van der Waals surface area contributed by atoms with E-state index in [0.717, 1.165) is 18.3 Å². The van der Waals surface area contributed by atoms with Crippen molar-refractivity contribution in [3.8, 4) is 6.07 Å². The minimum Gasteiger partial charge on any atom is -0.193 e. The zero-order chi connectivity index (χ0) is 9.56. The molecule has 0 aliphatic heterocycles. The molecule has 1 unspecified atom stereocenters. The monoisotopic (exact) mass is 165 g/mol. The highest BCUT2D eigenvalue weighted by atomic mass is 14.2. The minimum atomic E-state index is 0.750. The van der Waals surface area contributed by atoms with E-state index in [9.17, 15) is 0 Å². The molecule has 0 aliphatic carbocycles. The summed E-state index contributed by atoms with van der Waals surface area (Å²) in [4.78, 5) is 0. The van der Waals surface area contributed by atoms with E-state index in [4.69, 9.17) is 5.26 Å². The molecule has 0 aliphatic rings. The van der Waals surface area contributed by atoms with E-state index in [2.05, 4.69) is 26.8 Å². The molecular weight excluding hydrogens is 146 g/mol. The van der Waals surface area contributed by atoms with Gasteiger partial charge in [-0.3, -0.25) is 0 Å². The molecular formula is C11H19N. The molecule has 0 amide bonds. The van der Waals surface area contributed by atoms with Crippen LogP contribution in [0.2, 0.25) is 0 Å². The maximum absolute atomic E-state index is 8.38. The number of nitriles is 1. The second-order valence-corrected chi connectivity index (χ2v) is 3.88. The van der Waals surface area contributed by atoms with Gasteiger partial charge in [0.15, 0.2) is 0 Å². The van der Waals surface area contributed by atoms with Crippen LogP contribution < -0.4 is 0 Å². The van der Waals surface area contributed by atoms with Crippen LogP contribution in [-0.4, -0.2) is 0 Å². The fourth-order valence-corrected chi connectivity index (χ4v) is 0.971. The van der Waals surface area contributed by atoms with Gasteiger partial charge in [0.2, 0.25) is 0 Å². The summed E-state index contributed by atoms with van der Waals surface area (Å²) in [5.41, 5.74) is 1.20. The molecule has 0 heterocycles. The molecule has 1 nitrogen and oxygen atoms in total. The Morgan fingerprint density at radius 2 is 2.00 bits per heavy atom. The van der Waals surface area contributed by atoms with Crippen molar-refractivity contribution in [2.75, 3.05) is 0 Å². The Bertz CT molecular complexity index is 184. The minimum absolute atomic E-state index is 0.750. The van der Waals surface area contributed by atoms with E-state index in [0.29, 0.717) is 0 Å². The summed E-state index contributed by atoms with van der Waals surface area (Å²) in [5.74, 6) is 1.51. The zero-order valence-electron chi connectivity index (χ0n) is 8.59. The van der Waals surface area contributed by atoms with Gasteiger partial charge in [-0.2, -0.15) is 5.26 Å². The quantitative estimate of drug-likeness (QED) is 0.585. The van der Waals surface area contributed by atoms with Crippen LogP contribution in [0.4, 0.5) is 0 Å². The van der Waals surface area contributed by atoms with Crippen LogP contribution in [0.15, 0.2) is 11.6 Å². The number of rotatable bonds is 4. The Balaban J connectivity index is 3.70. The number of nitrogens with zero attached hydrogens (tertiary/aromatic N) is 1. The van der Waals surface area contributed by atoms with Gasteiger partial charge >= 0.3 is 0 Å². The molecule has 0 aromatic carbocycles. The highest BCUT2D eigenvalue weighted by Gasteiger charge is 2.06. The summed E-state index contributed by atoms with van der Waals surface area (Å²) < 4.78 is 0. The topological polar surface area (TPSA) is 23.8 Å². The van der Waals surface area contributed by atoms with Crippen molar-refractivity contribution in [3.05, 3.63) is 11.6 Å². The van der Waals surface area contributed by atoms with Crippen LogP contribution in [0.25, 0.3) is 0 Å². The summed E-state index contributed by atoms with van der Waals surface area (Å²) in [6.45, 7) is 8.78. The van der Waals surface area contributed by atoms with E-state index in [1.165, 1.54) is 12.0 Å². The second kappa shape index (κ2) is 5.83. The third-order valence-corrected chi connectivity index (χ3v) is 2.44. The average molecular weight is 165 g/mol. The molecule has 0 aromatic rings. The van der Waals surface area contributed by atoms with E-state index in [-0.39, 0.29) is 0 Å². The van der Waals surface area contributed by atoms with Crippen LogP contribution in [-0.2, 0) is 0 Å². The van der Waals surface area contributed by atoms with Crippen molar-refractivity contribution in [3.63, 3.8) is 0 Å². The van der Waals surface area contributed by atoms with Crippen molar-refractivity contribution < 1.29 is 0 Å². The maximum Gasteiger partial charge on any atom is 0.0911 e. The Kier molecular flexibility index (Phi) is 5.45. The normalized spacial score (nSPS) is 14.5. The van der Waals surface area contributed by atoms with Crippen molar-refractivity contribution >= 4 is 0 Å². The molecule has 0 rings (SSSR count). The van der Waals surface area contributed by atoms with Gasteiger partial charge in [-0.05, 0) is 31.6 Å². The molecule has 1 heteroatoms. The average Bonchev–Trinajstić information content (AvgIpc) is 2.00. The highest BCUT2D eigenvalue weighted by Crippen LogP contribution is 2.18. The fraction of sp³-hybridized carbons (Fsp3) is 0.727. The van der Waals surface area contributed by atoms with Crippen molar-refractivity contribution in [2.45, 2.75) is 40.5 Å². The lowest BCUT2D eigenvalue weighted by Crippen LogP contribution is -2.03. The van der Waals surface area contributed by atoms with E-state index < -0.39 is 0 Å². The molecule has 1 atom stereocenters. The second-order valence-electron chi connectivity index (χ2n) is 3.88. The van der Waals surface area contributed by atoms with Gasteiger partial charge in [0, 0.05) is 6.08 Å². The van der Waals surface area contributed by atoms with Gasteiger partial charge in [0.05, 0.1) is 6.07 Å². The Hall–Kier alpha value is -0.770. The van der Waals surface area contributed by atoms with Gasteiger partial charge in [-0.1, -0.05) is 26.3 Å². The zero-order valence-corrected chi connectivity index (χ0v) is 8.59. The molecule has 0 radical (unpaired) electrons. The maximum atomic E-state index is 8.38. The third-order valence-electron chi connectivity index (χ3n) is 2.44. The lowest BCUT2D eigenvalue weighted by Gasteiger charge is -2.14. The summed E-state index contributed by atoms with van der Waals surface area (Å²) in [5, 5.41) is 8.38. The first-order chi connectivity index (χ1) is 5.57. The van der Waals surface area contributed by atoms with Gasteiger partial charge in [-0.25, -0.2) is 0 Å². The van der Waals surface area contributed by atoms with E-state index in [1.807, 2.05) is 6.92 Å². The summed E-state index contributed by atoms with van der Waals surface area (Å²) in [6.07, 6.45) is 3.90. The molecule has 68 valence electrons. The van der Waals surface area contributed by atoms with Crippen LogP contribution in [0.1, 0.15) is 40.5 Å². The van der Waals surface area contributed by atoms with Crippen molar-refractivity contribution in [1.82, 2.24) is 0 Å². The van der Waals surface area contributed by atoms with Crippen LogP contribution in [0.3, 0.4) is 0 Å². The van der Waals surface area contributed by atoms with Crippen LogP contribution >= 0.6 is 0 Å². The lowest BCUT2D eigenvalue weighted by atomic mass is 9.92. The molecule has 0 aromatic heterocycles. The van der Waals surface area contributed by atoms with Crippen LogP contribution in [0, 0.1) is 23.2 Å². The first kappa shape index (κ1) is 11.2.